The predicted octanol–water partition coefficient (Wildman–Crippen LogP) is 3.56. The van der Waals surface area contributed by atoms with Gasteiger partial charge in [0, 0.05) is 11.4 Å². The molecule has 3 aromatic rings. The molecule has 0 atom stereocenters. The van der Waals surface area contributed by atoms with Crippen molar-refractivity contribution in [2.75, 3.05) is 4.72 Å². The van der Waals surface area contributed by atoms with Gasteiger partial charge in [0.25, 0.3) is 10.0 Å². The highest BCUT2D eigenvalue weighted by Gasteiger charge is 2.18. The number of nitrogens with zero attached hydrogens (tertiary/aromatic N) is 1. The van der Waals surface area contributed by atoms with Crippen LogP contribution in [0.25, 0.3) is 10.6 Å². The van der Waals surface area contributed by atoms with Crippen LogP contribution in [0.5, 0.6) is 0 Å². The molecule has 0 radical (unpaired) electrons. The molecular weight excluding hydrogens is 318 g/mol. The van der Waals surface area contributed by atoms with Gasteiger partial charge in [-0.05, 0) is 44.2 Å². The van der Waals surface area contributed by atoms with E-state index in [2.05, 4.69) is 14.9 Å². The van der Waals surface area contributed by atoms with Crippen molar-refractivity contribution in [1.82, 2.24) is 10.2 Å². The highest BCUT2D eigenvalue weighted by Crippen LogP contribution is 2.30. The summed E-state index contributed by atoms with van der Waals surface area (Å²) in [6, 6.07) is 12.5. The number of aryl methyl sites for hydroxylation is 2. The van der Waals surface area contributed by atoms with Crippen LogP contribution in [0.2, 0.25) is 0 Å². The zero-order chi connectivity index (χ0) is 15.7. The number of sulfonamides is 1. The van der Waals surface area contributed by atoms with Gasteiger partial charge in [-0.3, -0.25) is 9.82 Å². The molecule has 22 heavy (non-hydrogen) atoms. The molecule has 114 valence electrons. The van der Waals surface area contributed by atoms with Gasteiger partial charge in [0.2, 0.25) is 0 Å². The normalized spacial score (nSPS) is 11.5. The lowest BCUT2D eigenvalue weighted by Gasteiger charge is -2.06. The molecule has 0 unspecified atom stereocenters. The highest BCUT2D eigenvalue weighted by molar-refractivity contribution is 7.94. The molecule has 0 aliphatic rings. The zero-order valence-electron chi connectivity index (χ0n) is 12.1. The molecule has 0 bridgehead atoms. The number of hydrogen-bond donors (Lipinski definition) is 2. The summed E-state index contributed by atoms with van der Waals surface area (Å²) in [5.41, 5.74) is 3.32. The summed E-state index contributed by atoms with van der Waals surface area (Å²) in [5.74, 6) is 0. The Labute approximate surface area is 133 Å². The molecule has 0 fully saturated rings. The third-order valence-corrected chi connectivity index (χ3v) is 6.09. The van der Waals surface area contributed by atoms with Gasteiger partial charge in [0.15, 0.2) is 0 Å². The molecule has 0 aliphatic heterocycles. The fraction of sp³-hybridized carbons (Fsp3) is 0.133. The number of benzene rings is 1. The fourth-order valence-electron chi connectivity index (χ4n) is 1.97. The largest absolute Gasteiger partial charge is 0.282 e. The Bertz CT molecular complexity index is 893. The summed E-state index contributed by atoms with van der Waals surface area (Å²) < 4.78 is 27.7. The summed E-state index contributed by atoms with van der Waals surface area (Å²) in [7, 11) is -3.58. The van der Waals surface area contributed by atoms with Crippen molar-refractivity contribution in [2.24, 2.45) is 0 Å². The second-order valence-electron chi connectivity index (χ2n) is 5.03. The van der Waals surface area contributed by atoms with Crippen molar-refractivity contribution < 1.29 is 8.42 Å². The predicted molar refractivity (Wildman–Crippen MR) is 88.6 cm³/mol. The van der Waals surface area contributed by atoms with E-state index in [0.29, 0.717) is 5.69 Å². The van der Waals surface area contributed by atoms with E-state index in [4.69, 9.17) is 0 Å². The number of aromatic amines is 1. The Morgan fingerprint density at radius 2 is 1.82 bits per heavy atom. The van der Waals surface area contributed by atoms with Gasteiger partial charge in [-0.2, -0.15) is 5.10 Å². The van der Waals surface area contributed by atoms with E-state index >= 15 is 0 Å². The van der Waals surface area contributed by atoms with Crippen LogP contribution in [0.3, 0.4) is 0 Å². The monoisotopic (exact) mass is 333 g/mol. The Balaban J connectivity index is 1.86. The smallest absolute Gasteiger partial charge is 0.271 e. The third-order valence-electron chi connectivity index (χ3n) is 3.11. The second-order valence-corrected chi connectivity index (χ2v) is 8.02. The van der Waals surface area contributed by atoms with E-state index < -0.39 is 10.0 Å². The van der Waals surface area contributed by atoms with Crippen LogP contribution in [0.4, 0.5) is 5.69 Å². The molecule has 0 spiro atoms. The summed E-state index contributed by atoms with van der Waals surface area (Å²) in [4.78, 5) is 0.814. The summed E-state index contributed by atoms with van der Waals surface area (Å²) >= 11 is 1.20. The van der Waals surface area contributed by atoms with Crippen molar-refractivity contribution in [3.8, 4) is 10.6 Å². The van der Waals surface area contributed by atoms with Crippen molar-refractivity contribution in [2.45, 2.75) is 18.1 Å². The first kappa shape index (κ1) is 14.8. The van der Waals surface area contributed by atoms with Gasteiger partial charge in [-0.1, -0.05) is 17.7 Å². The Kier molecular flexibility index (Phi) is 3.76. The van der Waals surface area contributed by atoms with E-state index in [1.165, 1.54) is 11.3 Å². The molecule has 2 N–H and O–H groups in total. The summed E-state index contributed by atoms with van der Waals surface area (Å²) in [5, 5.41) is 7.00. The van der Waals surface area contributed by atoms with Crippen LogP contribution >= 0.6 is 11.3 Å². The third kappa shape index (κ3) is 3.05. The first-order valence-electron chi connectivity index (χ1n) is 6.66. The topological polar surface area (TPSA) is 74.8 Å². The Morgan fingerprint density at radius 1 is 1.09 bits per heavy atom. The molecule has 7 heteroatoms. The number of nitrogens with one attached hydrogen (secondary N) is 2. The minimum atomic E-state index is -3.58. The number of rotatable bonds is 4. The zero-order valence-corrected chi connectivity index (χ0v) is 13.8. The minimum Gasteiger partial charge on any atom is -0.282 e. The molecule has 3 rings (SSSR count). The van der Waals surface area contributed by atoms with Crippen molar-refractivity contribution in [3.05, 3.63) is 53.7 Å². The Morgan fingerprint density at radius 3 is 2.45 bits per heavy atom. The lowest BCUT2D eigenvalue weighted by Crippen LogP contribution is -2.11. The number of hydrogen-bond acceptors (Lipinski definition) is 4. The molecular formula is C15H15N3O2S2. The van der Waals surface area contributed by atoms with E-state index in [1.54, 1.807) is 24.3 Å². The second kappa shape index (κ2) is 5.58. The molecule has 0 saturated carbocycles. The lowest BCUT2D eigenvalue weighted by molar-refractivity contribution is 0.603. The molecule has 0 saturated heterocycles. The number of H-pyrrole nitrogens is 1. The SMILES string of the molecule is Cc1ccc(NS(=O)(=O)c2ccc(-c3cc(C)[nH]n3)s2)cc1. The van der Waals surface area contributed by atoms with E-state index in [-0.39, 0.29) is 4.21 Å². The van der Waals surface area contributed by atoms with Gasteiger partial charge in [-0.15, -0.1) is 11.3 Å². The van der Waals surface area contributed by atoms with Gasteiger partial charge in [-0.25, -0.2) is 8.42 Å². The van der Waals surface area contributed by atoms with E-state index in [0.717, 1.165) is 21.8 Å². The average Bonchev–Trinajstić information content (AvgIpc) is 3.10. The molecule has 2 aromatic heterocycles. The van der Waals surface area contributed by atoms with Gasteiger partial charge in [0.1, 0.15) is 9.90 Å². The van der Waals surface area contributed by atoms with Crippen molar-refractivity contribution >= 4 is 27.0 Å². The number of aromatic nitrogens is 2. The van der Waals surface area contributed by atoms with Crippen LogP contribution in [0.15, 0.2) is 46.7 Å². The number of anilines is 1. The van der Waals surface area contributed by atoms with Gasteiger partial charge >= 0.3 is 0 Å². The molecule has 0 aliphatic carbocycles. The molecule has 2 heterocycles. The number of thiophene rings is 1. The van der Waals surface area contributed by atoms with E-state index in [1.807, 2.05) is 32.0 Å². The first-order valence-corrected chi connectivity index (χ1v) is 8.96. The quantitative estimate of drug-likeness (QED) is 0.766. The lowest BCUT2D eigenvalue weighted by atomic mass is 10.2. The highest BCUT2D eigenvalue weighted by atomic mass is 32.2. The van der Waals surface area contributed by atoms with Crippen LogP contribution in [-0.4, -0.2) is 18.6 Å². The fourth-order valence-corrected chi connectivity index (χ4v) is 4.30. The van der Waals surface area contributed by atoms with Crippen LogP contribution in [0.1, 0.15) is 11.3 Å². The van der Waals surface area contributed by atoms with Gasteiger partial charge < -0.3 is 0 Å². The first-order chi connectivity index (χ1) is 10.4. The molecule has 0 amide bonds. The van der Waals surface area contributed by atoms with Crippen LogP contribution in [0, 0.1) is 13.8 Å². The summed E-state index contributed by atoms with van der Waals surface area (Å²) in [6.07, 6.45) is 0. The van der Waals surface area contributed by atoms with E-state index in [9.17, 15) is 8.42 Å². The average molecular weight is 333 g/mol. The van der Waals surface area contributed by atoms with Crippen molar-refractivity contribution in [3.63, 3.8) is 0 Å². The minimum absolute atomic E-state index is 0.267. The maximum Gasteiger partial charge on any atom is 0.271 e. The maximum absolute atomic E-state index is 12.4. The van der Waals surface area contributed by atoms with Crippen LogP contribution in [-0.2, 0) is 10.0 Å². The summed E-state index contributed by atoms with van der Waals surface area (Å²) in [6.45, 7) is 3.86. The van der Waals surface area contributed by atoms with Crippen LogP contribution < -0.4 is 4.72 Å². The Hall–Kier alpha value is -2.12. The van der Waals surface area contributed by atoms with Crippen molar-refractivity contribution in [1.29, 1.82) is 0 Å². The molecule has 5 nitrogen and oxygen atoms in total. The maximum atomic E-state index is 12.4. The van der Waals surface area contributed by atoms with Gasteiger partial charge in [0.05, 0.1) is 4.88 Å². The standard InChI is InChI=1S/C15H15N3O2S2/c1-10-3-5-12(6-4-10)18-22(19,20)15-8-7-14(21-15)13-9-11(2)16-17-13/h3-9,18H,1-2H3,(H,16,17). The molecule has 1 aromatic carbocycles.